The number of benzene rings is 1. The van der Waals surface area contributed by atoms with Crippen LogP contribution in [0, 0.1) is 18.8 Å². The molecule has 1 aromatic rings. The second-order valence-corrected chi connectivity index (χ2v) is 6.42. The van der Waals surface area contributed by atoms with Gasteiger partial charge in [-0.15, -0.1) is 0 Å². The number of hydrogen-bond donors (Lipinski definition) is 2. The summed E-state index contributed by atoms with van der Waals surface area (Å²) in [5.41, 5.74) is 1.99. The monoisotopic (exact) mass is 349 g/mol. The van der Waals surface area contributed by atoms with Gasteiger partial charge in [-0.25, -0.2) is 0 Å². The molecule has 0 unspecified atom stereocenters. The lowest BCUT2D eigenvalue weighted by molar-refractivity contribution is -0.141. The third-order valence-electron chi connectivity index (χ3n) is 4.52. The molecule has 0 spiro atoms. The molecule has 0 aromatic heterocycles. The van der Waals surface area contributed by atoms with E-state index in [1.807, 2.05) is 32.0 Å². The van der Waals surface area contributed by atoms with Crippen molar-refractivity contribution in [3.8, 4) is 5.75 Å². The highest BCUT2D eigenvalue weighted by Crippen LogP contribution is 2.31. The molecule has 1 fully saturated rings. The highest BCUT2D eigenvalue weighted by Gasteiger charge is 2.33. The Bertz CT molecular complexity index is 601. The Balaban J connectivity index is 1.89. The van der Waals surface area contributed by atoms with Crippen LogP contribution >= 0.6 is 0 Å². The molecular weight excluding hydrogens is 322 g/mol. The molecule has 1 amide bonds. The first kappa shape index (κ1) is 19.2. The Morgan fingerprint density at radius 2 is 2.00 bits per heavy atom. The second-order valence-electron chi connectivity index (χ2n) is 6.42. The number of carbonyl (C=O) groups is 2. The van der Waals surface area contributed by atoms with Gasteiger partial charge in [-0.2, -0.15) is 0 Å². The fourth-order valence-corrected chi connectivity index (χ4v) is 3.07. The topological polar surface area (TPSA) is 84.9 Å². The Morgan fingerprint density at radius 1 is 1.24 bits per heavy atom. The van der Waals surface area contributed by atoms with E-state index in [4.69, 9.17) is 14.6 Å². The Kier molecular flexibility index (Phi) is 7.25. The van der Waals surface area contributed by atoms with Gasteiger partial charge in [0.25, 0.3) is 0 Å². The van der Waals surface area contributed by atoms with E-state index < -0.39 is 11.9 Å². The van der Waals surface area contributed by atoms with E-state index in [9.17, 15) is 9.59 Å². The van der Waals surface area contributed by atoms with Crippen molar-refractivity contribution in [2.24, 2.45) is 11.8 Å². The average molecular weight is 349 g/mol. The summed E-state index contributed by atoms with van der Waals surface area (Å²) in [7, 11) is 0. The molecule has 2 atom stereocenters. The number of carbonyl (C=O) groups excluding carboxylic acids is 1. The lowest BCUT2D eigenvalue weighted by atomic mass is 10.0. The summed E-state index contributed by atoms with van der Waals surface area (Å²) < 4.78 is 11.1. The summed E-state index contributed by atoms with van der Waals surface area (Å²) in [6, 6.07) is 5.87. The summed E-state index contributed by atoms with van der Waals surface area (Å²) >= 11 is 0. The normalized spacial score (nSPS) is 19.6. The molecule has 0 saturated heterocycles. The highest BCUT2D eigenvalue weighted by molar-refractivity contribution is 5.80. The van der Waals surface area contributed by atoms with Crippen molar-refractivity contribution in [2.45, 2.75) is 39.7 Å². The van der Waals surface area contributed by atoms with Gasteiger partial charge in [0.1, 0.15) is 12.4 Å². The molecule has 0 heterocycles. The van der Waals surface area contributed by atoms with Crippen LogP contribution in [0.5, 0.6) is 5.75 Å². The highest BCUT2D eigenvalue weighted by atomic mass is 16.5. The lowest BCUT2D eigenvalue weighted by Crippen LogP contribution is -2.29. The number of nitrogens with one attached hydrogen (secondary N) is 1. The van der Waals surface area contributed by atoms with Gasteiger partial charge in [0.05, 0.1) is 12.5 Å². The summed E-state index contributed by atoms with van der Waals surface area (Å²) in [6.07, 6.45) is 1.63. The standard InChI is InChI=1S/C19H27NO5/c1-3-24-8-9-25-17-10-13(2)4-5-16(17)12-20-18(21)14-6-7-15(11-14)19(22)23/h4-5,10,14-15H,3,6-9,11-12H2,1-2H3,(H,20,21)(H,22,23)/t14-,15+/m1/s1. The quantitative estimate of drug-likeness (QED) is 0.669. The van der Waals surface area contributed by atoms with Crippen molar-refractivity contribution in [1.82, 2.24) is 5.32 Å². The second kappa shape index (κ2) is 9.42. The third-order valence-corrected chi connectivity index (χ3v) is 4.52. The van der Waals surface area contributed by atoms with Crippen LogP contribution in [-0.4, -0.2) is 36.8 Å². The Hall–Kier alpha value is -2.08. The van der Waals surface area contributed by atoms with Crippen molar-refractivity contribution < 1.29 is 24.2 Å². The zero-order chi connectivity index (χ0) is 18.2. The Labute approximate surface area is 148 Å². The van der Waals surface area contributed by atoms with Gasteiger partial charge < -0.3 is 19.9 Å². The molecule has 6 heteroatoms. The van der Waals surface area contributed by atoms with Gasteiger partial charge in [0.15, 0.2) is 0 Å². The zero-order valence-corrected chi connectivity index (χ0v) is 14.9. The molecule has 1 aliphatic carbocycles. The van der Waals surface area contributed by atoms with Gasteiger partial charge in [-0.3, -0.25) is 9.59 Å². The summed E-state index contributed by atoms with van der Waals surface area (Å²) in [4.78, 5) is 23.3. The van der Waals surface area contributed by atoms with Gasteiger partial charge >= 0.3 is 5.97 Å². The molecule has 1 aromatic carbocycles. The van der Waals surface area contributed by atoms with Gasteiger partial charge in [-0.05, 0) is 44.7 Å². The number of carboxylic acid groups (broad SMARTS) is 1. The zero-order valence-electron chi connectivity index (χ0n) is 14.9. The summed E-state index contributed by atoms with van der Waals surface area (Å²) in [5, 5.41) is 12.0. The summed E-state index contributed by atoms with van der Waals surface area (Å²) in [6.45, 7) is 5.93. The maximum atomic E-state index is 12.3. The number of aryl methyl sites for hydroxylation is 1. The molecule has 25 heavy (non-hydrogen) atoms. The minimum absolute atomic E-state index is 0.0791. The minimum Gasteiger partial charge on any atom is -0.491 e. The van der Waals surface area contributed by atoms with Crippen LogP contribution in [0.1, 0.15) is 37.3 Å². The van der Waals surface area contributed by atoms with Crippen LogP contribution < -0.4 is 10.1 Å². The fourth-order valence-electron chi connectivity index (χ4n) is 3.07. The number of ether oxygens (including phenoxy) is 2. The number of hydrogen-bond acceptors (Lipinski definition) is 4. The fraction of sp³-hybridized carbons (Fsp3) is 0.579. The number of aliphatic carboxylic acids is 1. The summed E-state index contributed by atoms with van der Waals surface area (Å²) in [5.74, 6) is -0.750. The SMILES string of the molecule is CCOCCOc1cc(C)ccc1CNC(=O)[C@@H]1CC[C@H](C(=O)O)C1. The first-order valence-electron chi connectivity index (χ1n) is 8.81. The molecule has 0 aliphatic heterocycles. The minimum atomic E-state index is -0.807. The van der Waals surface area contributed by atoms with Crippen molar-refractivity contribution in [2.75, 3.05) is 19.8 Å². The van der Waals surface area contributed by atoms with Crippen LogP contribution in [-0.2, 0) is 20.9 Å². The first-order chi connectivity index (χ1) is 12.0. The molecule has 1 saturated carbocycles. The number of carboxylic acids is 1. The molecule has 2 N–H and O–H groups in total. The predicted octanol–water partition coefficient (Wildman–Crippen LogP) is 2.53. The maximum absolute atomic E-state index is 12.3. The van der Waals surface area contributed by atoms with E-state index in [1.165, 1.54) is 0 Å². The largest absolute Gasteiger partial charge is 0.491 e. The van der Waals surface area contributed by atoms with Gasteiger partial charge in [0, 0.05) is 24.6 Å². The van der Waals surface area contributed by atoms with Crippen molar-refractivity contribution >= 4 is 11.9 Å². The molecule has 0 bridgehead atoms. The van der Waals surface area contributed by atoms with Gasteiger partial charge in [-0.1, -0.05) is 12.1 Å². The predicted molar refractivity (Wildman–Crippen MR) is 93.5 cm³/mol. The van der Waals surface area contributed by atoms with Crippen LogP contribution in [0.25, 0.3) is 0 Å². The molecular formula is C19H27NO5. The molecule has 0 radical (unpaired) electrons. The Morgan fingerprint density at radius 3 is 2.68 bits per heavy atom. The van der Waals surface area contributed by atoms with Crippen molar-refractivity contribution in [3.63, 3.8) is 0 Å². The third kappa shape index (κ3) is 5.74. The van der Waals surface area contributed by atoms with Crippen molar-refractivity contribution in [1.29, 1.82) is 0 Å². The van der Waals surface area contributed by atoms with Crippen LogP contribution in [0.2, 0.25) is 0 Å². The first-order valence-corrected chi connectivity index (χ1v) is 8.81. The van der Waals surface area contributed by atoms with E-state index in [1.54, 1.807) is 0 Å². The van der Waals surface area contributed by atoms with Crippen LogP contribution in [0.4, 0.5) is 0 Å². The van der Waals surface area contributed by atoms with E-state index in [-0.39, 0.29) is 11.8 Å². The number of rotatable bonds is 9. The van der Waals surface area contributed by atoms with Crippen LogP contribution in [0.3, 0.4) is 0 Å². The van der Waals surface area contributed by atoms with Crippen molar-refractivity contribution in [3.05, 3.63) is 29.3 Å². The van der Waals surface area contributed by atoms with E-state index >= 15 is 0 Å². The van der Waals surface area contributed by atoms with Gasteiger partial charge in [0.2, 0.25) is 5.91 Å². The molecule has 6 nitrogen and oxygen atoms in total. The van der Waals surface area contributed by atoms with E-state index in [2.05, 4.69) is 5.32 Å². The smallest absolute Gasteiger partial charge is 0.306 e. The average Bonchev–Trinajstić information content (AvgIpc) is 3.08. The maximum Gasteiger partial charge on any atom is 0.306 e. The van der Waals surface area contributed by atoms with E-state index in [0.717, 1.165) is 16.9 Å². The lowest BCUT2D eigenvalue weighted by Gasteiger charge is -2.15. The molecule has 138 valence electrons. The van der Waals surface area contributed by atoms with E-state index in [0.29, 0.717) is 45.6 Å². The molecule has 2 rings (SSSR count). The van der Waals surface area contributed by atoms with Crippen LogP contribution in [0.15, 0.2) is 18.2 Å². The molecule has 1 aliphatic rings. The number of amides is 1.